The quantitative estimate of drug-likeness (QED) is 0.696. The van der Waals surface area contributed by atoms with Crippen molar-refractivity contribution in [1.82, 2.24) is 0 Å². The van der Waals surface area contributed by atoms with Gasteiger partial charge >= 0.3 is 6.18 Å². The summed E-state index contributed by atoms with van der Waals surface area (Å²) in [6.07, 6.45) is -1.70. The molecule has 0 atom stereocenters. The fourth-order valence-corrected chi connectivity index (χ4v) is 2.31. The number of methoxy groups -OCH3 is 2. The van der Waals surface area contributed by atoms with Crippen LogP contribution in [0.4, 0.5) is 18.9 Å². The summed E-state index contributed by atoms with van der Waals surface area (Å²) in [6, 6.07) is 9.67. The number of carbonyl (C=O) groups excluding carboxylic acids is 1. The summed E-state index contributed by atoms with van der Waals surface area (Å²) in [5, 5.41) is 2.52. The Kier molecular flexibility index (Phi) is 6.92. The zero-order valence-electron chi connectivity index (χ0n) is 15.6. The Morgan fingerprint density at radius 1 is 1.07 bits per heavy atom. The van der Waals surface area contributed by atoms with E-state index < -0.39 is 18.7 Å². The molecule has 0 unspecified atom stereocenters. The van der Waals surface area contributed by atoms with E-state index in [1.54, 1.807) is 31.2 Å². The summed E-state index contributed by atoms with van der Waals surface area (Å²) in [4.78, 5) is 12.2. The number of aryl methyl sites for hydroxylation is 1. The molecule has 28 heavy (non-hydrogen) atoms. The lowest BCUT2D eigenvalue weighted by molar-refractivity contribution is -0.153. The number of hydrogen-bond acceptors (Lipinski definition) is 4. The smallest absolute Gasteiger partial charge is 0.422 e. The van der Waals surface area contributed by atoms with Crippen LogP contribution < -0.4 is 19.5 Å². The monoisotopic (exact) mass is 395 g/mol. The Bertz CT molecular complexity index is 863. The summed E-state index contributed by atoms with van der Waals surface area (Å²) in [6.45, 7) is 0.264. The number of rotatable bonds is 7. The molecular formula is C20H20F3NO4. The van der Waals surface area contributed by atoms with Gasteiger partial charge in [-0.2, -0.15) is 13.2 Å². The van der Waals surface area contributed by atoms with Crippen molar-refractivity contribution >= 4 is 17.7 Å². The minimum Gasteiger partial charge on any atom is -0.497 e. The van der Waals surface area contributed by atoms with Crippen LogP contribution in [0.2, 0.25) is 0 Å². The molecule has 2 aromatic rings. The first-order valence-electron chi connectivity index (χ1n) is 8.23. The van der Waals surface area contributed by atoms with Crippen LogP contribution in [0.5, 0.6) is 17.2 Å². The zero-order valence-corrected chi connectivity index (χ0v) is 15.6. The van der Waals surface area contributed by atoms with Crippen molar-refractivity contribution in [3.05, 3.63) is 53.6 Å². The van der Waals surface area contributed by atoms with Crippen LogP contribution in [0.1, 0.15) is 11.1 Å². The molecule has 0 radical (unpaired) electrons. The van der Waals surface area contributed by atoms with Gasteiger partial charge in [0.05, 0.1) is 19.9 Å². The number of alkyl halides is 3. The van der Waals surface area contributed by atoms with Crippen LogP contribution in [0.3, 0.4) is 0 Å². The van der Waals surface area contributed by atoms with Crippen molar-refractivity contribution in [2.45, 2.75) is 13.1 Å². The highest BCUT2D eigenvalue weighted by atomic mass is 19.4. The van der Waals surface area contributed by atoms with Gasteiger partial charge in [0, 0.05) is 17.7 Å². The maximum atomic E-state index is 12.4. The van der Waals surface area contributed by atoms with Gasteiger partial charge in [0.1, 0.15) is 17.2 Å². The fraction of sp³-hybridized carbons (Fsp3) is 0.250. The van der Waals surface area contributed by atoms with Crippen LogP contribution in [0.25, 0.3) is 6.08 Å². The number of benzene rings is 2. The van der Waals surface area contributed by atoms with E-state index in [0.717, 1.165) is 0 Å². The van der Waals surface area contributed by atoms with Gasteiger partial charge in [0.15, 0.2) is 6.61 Å². The molecule has 0 aliphatic carbocycles. The van der Waals surface area contributed by atoms with Gasteiger partial charge in [-0.1, -0.05) is 6.07 Å². The molecule has 5 nitrogen and oxygen atoms in total. The average molecular weight is 395 g/mol. The number of halogens is 3. The first kappa shape index (κ1) is 21.1. The summed E-state index contributed by atoms with van der Waals surface area (Å²) in [7, 11) is 3.01. The number of amides is 1. The number of hydrogen-bond donors (Lipinski definition) is 1. The highest BCUT2D eigenvalue weighted by Gasteiger charge is 2.29. The maximum Gasteiger partial charge on any atom is 0.422 e. The lowest BCUT2D eigenvalue weighted by Crippen LogP contribution is -2.20. The third kappa shape index (κ3) is 6.22. The molecule has 8 heteroatoms. The largest absolute Gasteiger partial charge is 0.497 e. The van der Waals surface area contributed by atoms with Crippen molar-refractivity contribution in [2.24, 2.45) is 0 Å². The molecule has 0 aliphatic rings. The fourth-order valence-electron chi connectivity index (χ4n) is 2.31. The molecule has 0 fully saturated rings. The summed E-state index contributed by atoms with van der Waals surface area (Å²) < 4.78 is 52.4. The van der Waals surface area contributed by atoms with Crippen LogP contribution in [-0.2, 0) is 4.79 Å². The van der Waals surface area contributed by atoms with Gasteiger partial charge < -0.3 is 19.5 Å². The molecule has 1 N–H and O–H groups in total. The van der Waals surface area contributed by atoms with Crippen LogP contribution in [0.15, 0.2) is 42.5 Å². The highest BCUT2D eigenvalue weighted by molar-refractivity contribution is 6.03. The molecule has 2 rings (SSSR count). The second-order valence-corrected chi connectivity index (χ2v) is 5.83. The molecule has 0 heterocycles. The SMILES string of the molecule is COc1ccc(/C=C/C(=O)Nc2ccc(C)cc2OCC(F)(F)F)c(OC)c1. The summed E-state index contributed by atoms with van der Waals surface area (Å²) in [5.74, 6) is 0.525. The average Bonchev–Trinajstić information content (AvgIpc) is 2.65. The molecule has 0 bridgehead atoms. The van der Waals surface area contributed by atoms with Crippen LogP contribution in [0, 0.1) is 6.92 Å². The Balaban J connectivity index is 2.14. The number of anilines is 1. The molecule has 0 saturated heterocycles. The van der Waals surface area contributed by atoms with Crippen molar-refractivity contribution in [3.63, 3.8) is 0 Å². The van der Waals surface area contributed by atoms with Gasteiger partial charge in [-0.3, -0.25) is 4.79 Å². The number of nitrogens with one attached hydrogen (secondary N) is 1. The lowest BCUT2D eigenvalue weighted by atomic mass is 10.1. The molecule has 0 aliphatic heterocycles. The topological polar surface area (TPSA) is 56.8 Å². The van der Waals surface area contributed by atoms with E-state index in [1.807, 2.05) is 0 Å². The first-order valence-corrected chi connectivity index (χ1v) is 8.23. The zero-order chi connectivity index (χ0) is 20.7. The Morgan fingerprint density at radius 3 is 2.46 bits per heavy atom. The van der Waals surface area contributed by atoms with Crippen molar-refractivity contribution in [1.29, 1.82) is 0 Å². The summed E-state index contributed by atoms with van der Waals surface area (Å²) >= 11 is 0. The Morgan fingerprint density at radius 2 is 1.82 bits per heavy atom. The van der Waals surface area contributed by atoms with E-state index in [-0.39, 0.29) is 11.4 Å². The predicted molar refractivity (Wildman–Crippen MR) is 99.9 cm³/mol. The Labute approximate surface area is 160 Å². The molecular weight excluding hydrogens is 375 g/mol. The van der Waals surface area contributed by atoms with E-state index in [1.165, 1.54) is 38.5 Å². The summed E-state index contributed by atoms with van der Waals surface area (Å²) in [5.41, 5.74) is 1.48. The van der Waals surface area contributed by atoms with Gasteiger partial charge in [0.2, 0.25) is 5.91 Å². The van der Waals surface area contributed by atoms with E-state index in [9.17, 15) is 18.0 Å². The second kappa shape index (κ2) is 9.16. The van der Waals surface area contributed by atoms with Gasteiger partial charge in [-0.15, -0.1) is 0 Å². The molecule has 2 aromatic carbocycles. The van der Waals surface area contributed by atoms with E-state index in [4.69, 9.17) is 14.2 Å². The standard InChI is InChI=1S/C20H20F3NO4/c1-13-4-8-16(18(10-13)28-12-20(21,22)23)24-19(25)9-6-14-5-7-15(26-2)11-17(14)27-3/h4-11H,12H2,1-3H3,(H,24,25)/b9-6+. The number of carbonyl (C=O) groups is 1. The maximum absolute atomic E-state index is 12.4. The molecule has 0 saturated carbocycles. The van der Waals surface area contributed by atoms with Gasteiger partial charge in [0.25, 0.3) is 0 Å². The highest BCUT2D eigenvalue weighted by Crippen LogP contribution is 2.28. The van der Waals surface area contributed by atoms with Crippen molar-refractivity contribution < 1.29 is 32.2 Å². The number of ether oxygens (including phenoxy) is 3. The van der Waals surface area contributed by atoms with E-state index in [0.29, 0.717) is 22.6 Å². The molecule has 150 valence electrons. The van der Waals surface area contributed by atoms with E-state index >= 15 is 0 Å². The van der Waals surface area contributed by atoms with Crippen molar-refractivity contribution in [2.75, 3.05) is 26.1 Å². The minimum atomic E-state index is -4.48. The lowest BCUT2D eigenvalue weighted by Gasteiger charge is -2.14. The van der Waals surface area contributed by atoms with Gasteiger partial charge in [-0.25, -0.2) is 0 Å². The van der Waals surface area contributed by atoms with Gasteiger partial charge in [-0.05, 0) is 42.8 Å². The van der Waals surface area contributed by atoms with Crippen LogP contribution >= 0.6 is 0 Å². The Hall–Kier alpha value is -3.16. The molecule has 0 aromatic heterocycles. The molecule has 1 amide bonds. The van der Waals surface area contributed by atoms with Crippen molar-refractivity contribution in [3.8, 4) is 17.2 Å². The molecule has 0 spiro atoms. The van der Waals surface area contributed by atoms with Crippen LogP contribution in [-0.4, -0.2) is 32.9 Å². The first-order chi connectivity index (χ1) is 13.2. The third-order valence-corrected chi connectivity index (χ3v) is 3.64. The normalized spacial score (nSPS) is 11.4. The third-order valence-electron chi connectivity index (χ3n) is 3.64. The second-order valence-electron chi connectivity index (χ2n) is 5.83. The minimum absolute atomic E-state index is 0.0545. The van der Waals surface area contributed by atoms with E-state index in [2.05, 4.69) is 5.32 Å². The predicted octanol–water partition coefficient (Wildman–Crippen LogP) is 4.61.